The maximum absolute atomic E-state index is 12.2. The molecule has 9 heteroatoms. The number of hydrogen-bond donors (Lipinski definition) is 1. The third-order valence-corrected chi connectivity index (χ3v) is 3.93. The molecule has 0 aromatic heterocycles. The van der Waals surface area contributed by atoms with Crippen molar-refractivity contribution in [3.8, 4) is 5.75 Å². The molecule has 0 bridgehead atoms. The Labute approximate surface area is 166 Å². The van der Waals surface area contributed by atoms with E-state index in [0.717, 1.165) is 0 Å². The summed E-state index contributed by atoms with van der Waals surface area (Å²) >= 11 is 5.92. The van der Waals surface area contributed by atoms with Gasteiger partial charge in [-0.15, -0.1) is 0 Å². The molecule has 2 amide bonds. The van der Waals surface area contributed by atoms with Gasteiger partial charge in [-0.1, -0.05) is 23.7 Å². The number of amides is 2. The summed E-state index contributed by atoms with van der Waals surface area (Å²) in [5, 5.41) is 13.9. The number of carbonyl (C=O) groups is 2. The molecule has 28 heavy (non-hydrogen) atoms. The smallest absolute Gasteiger partial charge is 0.270 e. The van der Waals surface area contributed by atoms with Gasteiger partial charge in [-0.2, -0.15) is 0 Å². The first kappa shape index (κ1) is 20.9. The van der Waals surface area contributed by atoms with Crippen LogP contribution in [-0.2, 0) is 9.59 Å². The third kappa shape index (κ3) is 5.82. The lowest BCUT2D eigenvalue weighted by atomic mass is 10.2. The van der Waals surface area contributed by atoms with Crippen molar-refractivity contribution in [3.63, 3.8) is 0 Å². The van der Waals surface area contributed by atoms with Crippen LogP contribution >= 0.6 is 11.6 Å². The van der Waals surface area contributed by atoms with E-state index in [-0.39, 0.29) is 12.2 Å². The van der Waals surface area contributed by atoms with Gasteiger partial charge in [-0.25, -0.2) is 0 Å². The molecule has 0 atom stereocenters. The fourth-order valence-electron chi connectivity index (χ4n) is 2.30. The van der Waals surface area contributed by atoms with Crippen molar-refractivity contribution in [2.75, 3.05) is 26.0 Å². The van der Waals surface area contributed by atoms with Crippen LogP contribution < -0.4 is 10.1 Å². The fraction of sp³-hybridized carbons (Fsp3) is 0.158. The van der Waals surface area contributed by atoms with Gasteiger partial charge in [-0.3, -0.25) is 19.7 Å². The van der Waals surface area contributed by atoms with Gasteiger partial charge >= 0.3 is 0 Å². The lowest BCUT2D eigenvalue weighted by Crippen LogP contribution is -2.33. The maximum atomic E-state index is 12.2. The molecule has 8 nitrogen and oxygen atoms in total. The van der Waals surface area contributed by atoms with E-state index in [1.54, 1.807) is 24.3 Å². The van der Waals surface area contributed by atoms with Crippen molar-refractivity contribution in [3.05, 3.63) is 69.2 Å². The van der Waals surface area contributed by atoms with Crippen molar-refractivity contribution in [2.45, 2.75) is 0 Å². The number of benzene rings is 2. The summed E-state index contributed by atoms with van der Waals surface area (Å²) in [6, 6.07) is 10.7. The normalized spacial score (nSPS) is 10.5. The van der Waals surface area contributed by atoms with Gasteiger partial charge in [0.05, 0.1) is 24.3 Å². The highest BCUT2D eigenvalue weighted by Gasteiger charge is 2.13. The van der Waals surface area contributed by atoms with Crippen molar-refractivity contribution >= 4 is 40.9 Å². The van der Waals surface area contributed by atoms with E-state index in [2.05, 4.69) is 5.32 Å². The molecule has 1 N–H and O–H groups in total. The van der Waals surface area contributed by atoms with Crippen LogP contribution in [0.25, 0.3) is 6.08 Å². The second kappa shape index (κ2) is 9.52. The molecule has 146 valence electrons. The second-order valence-corrected chi connectivity index (χ2v) is 6.21. The molecular weight excluding hydrogens is 386 g/mol. The summed E-state index contributed by atoms with van der Waals surface area (Å²) in [6.07, 6.45) is 2.69. The number of anilines is 1. The van der Waals surface area contributed by atoms with Gasteiger partial charge in [0.2, 0.25) is 11.8 Å². The largest absolute Gasteiger partial charge is 0.495 e. The zero-order valence-electron chi connectivity index (χ0n) is 15.2. The first-order chi connectivity index (χ1) is 13.3. The highest BCUT2D eigenvalue weighted by Crippen LogP contribution is 2.27. The Morgan fingerprint density at radius 2 is 2.04 bits per heavy atom. The minimum atomic E-state index is -0.514. The number of non-ortho nitro benzene ring substituents is 1. The Bertz CT molecular complexity index is 930. The summed E-state index contributed by atoms with van der Waals surface area (Å²) in [5.74, 6) is -0.419. The zero-order valence-corrected chi connectivity index (χ0v) is 16.0. The lowest BCUT2D eigenvalue weighted by Gasteiger charge is -2.16. The molecule has 0 aliphatic heterocycles. The summed E-state index contributed by atoms with van der Waals surface area (Å²) in [4.78, 5) is 35.9. The molecule has 2 aromatic rings. The number of carbonyl (C=O) groups excluding carboxylic acids is 2. The minimum absolute atomic E-state index is 0.0715. The first-order valence-corrected chi connectivity index (χ1v) is 8.49. The Hall–Kier alpha value is -3.39. The molecule has 0 saturated carbocycles. The van der Waals surface area contributed by atoms with Crippen LogP contribution in [-0.4, -0.2) is 42.3 Å². The molecule has 2 rings (SSSR count). The molecule has 0 saturated heterocycles. The number of nitrogens with one attached hydrogen (secondary N) is 1. The monoisotopic (exact) mass is 403 g/mol. The highest BCUT2D eigenvalue weighted by molar-refractivity contribution is 6.31. The van der Waals surface area contributed by atoms with Crippen LogP contribution in [0.2, 0.25) is 5.02 Å². The maximum Gasteiger partial charge on any atom is 0.270 e. The predicted octanol–water partition coefficient (Wildman–Crippen LogP) is 3.37. The quantitative estimate of drug-likeness (QED) is 0.434. The summed E-state index contributed by atoms with van der Waals surface area (Å²) in [6.45, 7) is -0.201. The lowest BCUT2D eigenvalue weighted by molar-refractivity contribution is -0.384. The van der Waals surface area contributed by atoms with Crippen LogP contribution in [0.4, 0.5) is 11.4 Å². The predicted molar refractivity (Wildman–Crippen MR) is 106 cm³/mol. The number of likely N-dealkylation sites (N-methyl/N-ethyl adjacent to an activating group) is 1. The molecule has 0 unspecified atom stereocenters. The molecule has 0 heterocycles. The number of rotatable bonds is 7. The first-order valence-electron chi connectivity index (χ1n) is 8.11. The van der Waals surface area contributed by atoms with Crippen LogP contribution in [0.5, 0.6) is 5.75 Å². The molecular formula is C19H18ClN3O5. The number of ether oxygens (including phenoxy) is 1. The van der Waals surface area contributed by atoms with Crippen molar-refractivity contribution in [1.82, 2.24) is 4.90 Å². The van der Waals surface area contributed by atoms with Gasteiger partial charge in [0.25, 0.3) is 5.69 Å². The average molecular weight is 404 g/mol. The number of hydrogen-bond acceptors (Lipinski definition) is 5. The van der Waals surface area contributed by atoms with E-state index in [0.29, 0.717) is 22.0 Å². The van der Waals surface area contributed by atoms with E-state index >= 15 is 0 Å². The van der Waals surface area contributed by atoms with E-state index < -0.39 is 16.7 Å². The van der Waals surface area contributed by atoms with E-state index in [9.17, 15) is 19.7 Å². The van der Waals surface area contributed by atoms with E-state index in [1.165, 1.54) is 49.4 Å². The fourth-order valence-corrected chi connectivity index (χ4v) is 2.47. The topological polar surface area (TPSA) is 102 Å². The summed E-state index contributed by atoms with van der Waals surface area (Å²) in [7, 11) is 2.93. The number of nitro benzene ring substituents is 1. The van der Waals surface area contributed by atoms with Crippen LogP contribution in [0, 0.1) is 10.1 Å². The number of methoxy groups -OCH3 is 1. The van der Waals surface area contributed by atoms with Crippen molar-refractivity contribution in [1.29, 1.82) is 0 Å². The molecule has 0 fully saturated rings. The minimum Gasteiger partial charge on any atom is -0.495 e. The van der Waals surface area contributed by atoms with Crippen molar-refractivity contribution in [2.24, 2.45) is 0 Å². The molecule has 0 spiro atoms. The van der Waals surface area contributed by atoms with Crippen molar-refractivity contribution < 1.29 is 19.2 Å². The Balaban J connectivity index is 1.98. The number of nitrogens with zero attached hydrogens (tertiary/aromatic N) is 2. The van der Waals surface area contributed by atoms with Crippen LogP contribution in [0.15, 0.2) is 48.5 Å². The Morgan fingerprint density at radius 3 is 2.71 bits per heavy atom. The Morgan fingerprint density at radius 1 is 1.29 bits per heavy atom. The zero-order chi connectivity index (χ0) is 20.7. The SMILES string of the molecule is COc1ccc(Cl)cc1NC(=O)CN(C)C(=O)C=Cc1cccc([N+](=O)[O-])c1. The van der Waals surface area contributed by atoms with E-state index in [1.807, 2.05) is 0 Å². The number of nitro groups is 1. The molecule has 0 aliphatic carbocycles. The average Bonchev–Trinajstić information content (AvgIpc) is 2.66. The van der Waals surface area contributed by atoms with E-state index in [4.69, 9.17) is 16.3 Å². The molecule has 0 aliphatic rings. The van der Waals surface area contributed by atoms with Gasteiger partial charge in [0.15, 0.2) is 0 Å². The van der Waals surface area contributed by atoms with Gasteiger partial charge < -0.3 is 15.0 Å². The summed E-state index contributed by atoms with van der Waals surface area (Å²) in [5.41, 5.74) is 0.829. The third-order valence-electron chi connectivity index (χ3n) is 3.69. The highest BCUT2D eigenvalue weighted by atomic mass is 35.5. The van der Waals surface area contributed by atoms with Crippen LogP contribution in [0.1, 0.15) is 5.56 Å². The number of halogens is 1. The molecule has 0 radical (unpaired) electrons. The standard InChI is InChI=1S/C19H18ClN3O5/c1-22(12-18(24)21-16-11-14(20)7-8-17(16)28-2)19(25)9-6-13-4-3-5-15(10-13)23(26)27/h3-11H,12H2,1-2H3,(H,21,24). The van der Waals surface area contributed by atoms with Gasteiger partial charge in [0.1, 0.15) is 5.75 Å². The summed E-state index contributed by atoms with van der Waals surface area (Å²) < 4.78 is 5.15. The van der Waals surface area contributed by atoms with Crippen LogP contribution in [0.3, 0.4) is 0 Å². The second-order valence-electron chi connectivity index (χ2n) is 5.77. The van der Waals surface area contributed by atoms with Gasteiger partial charge in [0, 0.05) is 30.3 Å². The van der Waals surface area contributed by atoms with Gasteiger partial charge in [-0.05, 0) is 29.8 Å². The molecule has 2 aromatic carbocycles. The Kier molecular flexibility index (Phi) is 7.11.